The Labute approximate surface area is 220 Å². The Morgan fingerprint density at radius 2 is 2.05 bits per heavy atom. The average Bonchev–Trinajstić information content (AvgIpc) is 3.32. The Bertz CT molecular complexity index is 1100. The average molecular weight is 509 g/mol. The lowest BCUT2D eigenvalue weighted by molar-refractivity contribution is -0.109. The van der Waals surface area contributed by atoms with Gasteiger partial charge in [0.1, 0.15) is 11.6 Å². The topological polar surface area (TPSA) is 59.4 Å². The van der Waals surface area contributed by atoms with Gasteiger partial charge in [0.05, 0.1) is 12.8 Å². The minimum absolute atomic E-state index is 0.326. The van der Waals surface area contributed by atoms with E-state index in [0.717, 1.165) is 50.0 Å². The maximum Gasteiger partial charge on any atom is 0.207 e. The summed E-state index contributed by atoms with van der Waals surface area (Å²) in [4.78, 5) is 13.0. The van der Waals surface area contributed by atoms with Crippen LogP contribution in [0.4, 0.5) is 4.39 Å². The van der Waals surface area contributed by atoms with Crippen LogP contribution in [0.15, 0.2) is 60.3 Å². The molecule has 1 N–H and O–H groups in total. The van der Waals surface area contributed by atoms with E-state index in [4.69, 9.17) is 9.84 Å². The lowest BCUT2D eigenvalue weighted by atomic mass is 9.86. The van der Waals surface area contributed by atoms with E-state index in [-0.39, 0.29) is 5.82 Å². The quantitative estimate of drug-likeness (QED) is 0.187. The van der Waals surface area contributed by atoms with Crippen LogP contribution in [0.5, 0.6) is 5.75 Å². The number of ether oxygens (including phenoxy) is 1. The van der Waals surface area contributed by atoms with Crippen molar-refractivity contribution in [3.63, 3.8) is 0 Å². The number of rotatable bonds is 14. The van der Waals surface area contributed by atoms with Gasteiger partial charge in [-0.2, -0.15) is 5.10 Å². The highest BCUT2D eigenvalue weighted by atomic mass is 19.1. The molecule has 0 spiro atoms. The second kappa shape index (κ2) is 14.4. The summed E-state index contributed by atoms with van der Waals surface area (Å²) in [5, 5.41) is 7.62. The fourth-order valence-corrected chi connectivity index (χ4v) is 5.03. The van der Waals surface area contributed by atoms with E-state index in [1.54, 1.807) is 12.1 Å². The molecule has 1 fully saturated rings. The molecule has 1 aromatic carbocycles. The molecule has 2 aromatic rings. The summed E-state index contributed by atoms with van der Waals surface area (Å²) in [6.45, 7) is 11.0. The molecule has 200 valence electrons. The van der Waals surface area contributed by atoms with E-state index in [2.05, 4.69) is 33.6 Å². The van der Waals surface area contributed by atoms with Gasteiger partial charge in [-0.3, -0.25) is 9.48 Å². The summed E-state index contributed by atoms with van der Waals surface area (Å²) in [5.41, 5.74) is 4.40. The van der Waals surface area contributed by atoms with Crippen molar-refractivity contribution in [2.45, 2.75) is 64.8 Å². The van der Waals surface area contributed by atoms with Gasteiger partial charge < -0.3 is 15.0 Å². The summed E-state index contributed by atoms with van der Waals surface area (Å²) in [6, 6.07) is 7.01. The summed E-state index contributed by atoms with van der Waals surface area (Å²) in [5.74, 6) is 0.620. The molecule has 37 heavy (non-hydrogen) atoms. The van der Waals surface area contributed by atoms with Crippen LogP contribution in [0.1, 0.15) is 64.0 Å². The molecule has 0 atom stereocenters. The van der Waals surface area contributed by atoms with Crippen molar-refractivity contribution in [3.05, 3.63) is 71.9 Å². The number of aromatic nitrogens is 2. The molecule has 1 aliphatic carbocycles. The zero-order chi connectivity index (χ0) is 26.6. The third-order valence-corrected chi connectivity index (χ3v) is 6.92. The van der Waals surface area contributed by atoms with Crippen molar-refractivity contribution in [2.75, 3.05) is 26.7 Å². The first-order valence-corrected chi connectivity index (χ1v) is 13.3. The molecule has 1 aromatic heterocycles. The number of allylic oxidation sites excluding steroid dienone is 4. The zero-order valence-electron chi connectivity index (χ0n) is 22.5. The highest BCUT2D eigenvalue weighted by Crippen LogP contribution is 2.35. The molecule has 0 aliphatic heterocycles. The van der Waals surface area contributed by atoms with Crippen LogP contribution in [-0.2, 0) is 11.3 Å². The predicted molar refractivity (Wildman–Crippen MR) is 148 cm³/mol. The number of nitrogens with zero attached hydrogens (tertiary/aromatic N) is 3. The fraction of sp³-hybridized carbons (Fsp3) is 0.467. The van der Waals surface area contributed by atoms with Gasteiger partial charge in [0.2, 0.25) is 6.41 Å². The number of hydrogen-bond donors (Lipinski definition) is 1. The number of carbonyl (C=O) groups excluding carboxylic acids is 1. The predicted octanol–water partition coefficient (Wildman–Crippen LogP) is 6.22. The second-order valence-electron chi connectivity index (χ2n) is 9.65. The normalized spacial score (nSPS) is 14.6. The van der Waals surface area contributed by atoms with Crippen LogP contribution in [0.25, 0.3) is 11.3 Å². The van der Waals surface area contributed by atoms with Crippen molar-refractivity contribution < 1.29 is 13.9 Å². The van der Waals surface area contributed by atoms with Gasteiger partial charge in [-0.15, -0.1) is 0 Å². The largest absolute Gasteiger partial charge is 0.497 e. The van der Waals surface area contributed by atoms with Crippen LogP contribution in [0.3, 0.4) is 0 Å². The lowest BCUT2D eigenvalue weighted by Gasteiger charge is -2.26. The van der Waals surface area contributed by atoms with Crippen LogP contribution < -0.4 is 10.1 Å². The van der Waals surface area contributed by atoms with Crippen molar-refractivity contribution in [1.82, 2.24) is 20.0 Å². The minimum Gasteiger partial charge on any atom is -0.497 e. The van der Waals surface area contributed by atoms with Crippen LogP contribution in [0.2, 0.25) is 0 Å². The molecule has 1 saturated carbocycles. The molecule has 0 saturated heterocycles. The molecule has 0 unspecified atom stereocenters. The Morgan fingerprint density at radius 3 is 2.73 bits per heavy atom. The first-order valence-electron chi connectivity index (χ1n) is 13.3. The molecule has 0 bridgehead atoms. The molecular formula is C30H41FN4O2. The van der Waals surface area contributed by atoms with Gasteiger partial charge in [-0.25, -0.2) is 4.39 Å². The van der Waals surface area contributed by atoms with E-state index in [0.29, 0.717) is 36.0 Å². The van der Waals surface area contributed by atoms with Crippen LogP contribution in [-0.4, -0.2) is 47.8 Å². The first-order chi connectivity index (χ1) is 18.0. The van der Waals surface area contributed by atoms with Crippen molar-refractivity contribution in [3.8, 4) is 17.0 Å². The van der Waals surface area contributed by atoms with E-state index in [1.165, 1.54) is 38.1 Å². The third-order valence-electron chi connectivity index (χ3n) is 6.92. The third kappa shape index (κ3) is 8.07. The monoisotopic (exact) mass is 508 g/mol. The lowest BCUT2D eigenvalue weighted by Crippen LogP contribution is -2.32. The van der Waals surface area contributed by atoms with Gasteiger partial charge >= 0.3 is 0 Å². The first kappa shape index (κ1) is 28.2. The van der Waals surface area contributed by atoms with Gasteiger partial charge in [-0.05, 0) is 63.0 Å². The number of benzene rings is 1. The second-order valence-corrected chi connectivity index (χ2v) is 9.65. The molecule has 7 heteroatoms. The standard InChI is InChI=1S/C30H41FN4O2/c1-5-10-23(2)19-24(3)34(18-15-32-22-36)16-9-17-35-30(25-11-7-6-8-12-25)21-29(33-35)27-14-13-26(37-4)20-28(27)31/h5,10,13-14,19-22,25H,3,6-9,11-12,15-18H2,1-2,4H3,(H,32,36)/b10-5-,23-19-. The highest BCUT2D eigenvalue weighted by molar-refractivity contribution is 5.61. The SMILES string of the molecule is C=C(/C=C(C)\C=C/C)N(CCCn1nc(-c2ccc(OC)cc2F)cc1C1CCCCC1)CCNC=O. The van der Waals surface area contributed by atoms with Gasteiger partial charge in [0.15, 0.2) is 0 Å². The minimum atomic E-state index is -0.326. The molecular weight excluding hydrogens is 467 g/mol. The molecule has 6 nitrogen and oxygen atoms in total. The number of hydrogen-bond acceptors (Lipinski definition) is 4. The van der Waals surface area contributed by atoms with Crippen LogP contribution >= 0.6 is 0 Å². The molecule has 1 heterocycles. The molecule has 1 amide bonds. The summed E-state index contributed by atoms with van der Waals surface area (Å²) >= 11 is 0. The van der Waals surface area contributed by atoms with Crippen LogP contribution in [0, 0.1) is 5.82 Å². The molecule has 0 radical (unpaired) electrons. The summed E-state index contributed by atoms with van der Waals surface area (Å²) in [7, 11) is 1.54. The highest BCUT2D eigenvalue weighted by Gasteiger charge is 2.22. The van der Waals surface area contributed by atoms with Gasteiger partial charge in [0, 0.05) is 55.1 Å². The van der Waals surface area contributed by atoms with Crippen molar-refractivity contribution >= 4 is 6.41 Å². The Balaban J connectivity index is 1.79. The van der Waals surface area contributed by atoms with Crippen molar-refractivity contribution in [1.29, 1.82) is 0 Å². The summed E-state index contributed by atoms with van der Waals surface area (Å²) in [6.07, 6.45) is 13.7. The smallest absolute Gasteiger partial charge is 0.207 e. The van der Waals surface area contributed by atoms with E-state index in [1.807, 2.05) is 26.0 Å². The fourth-order valence-electron chi connectivity index (χ4n) is 5.03. The maximum absolute atomic E-state index is 14.9. The Kier molecular flexibility index (Phi) is 11.0. The molecule has 3 rings (SSSR count). The number of amides is 1. The number of aryl methyl sites for hydroxylation is 1. The number of carbonyl (C=O) groups is 1. The zero-order valence-corrected chi connectivity index (χ0v) is 22.5. The maximum atomic E-state index is 14.9. The van der Waals surface area contributed by atoms with E-state index >= 15 is 0 Å². The van der Waals surface area contributed by atoms with Crippen molar-refractivity contribution in [2.24, 2.45) is 0 Å². The Morgan fingerprint density at radius 1 is 1.27 bits per heavy atom. The number of methoxy groups -OCH3 is 1. The van der Waals surface area contributed by atoms with E-state index < -0.39 is 0 Å². The summed E-state index contributed by atoms with van der Waals surface area (Å²) < 4.78 is 22.1. The number of nitrogens with one attached hydrogen (secondary N) is 1. The van der Waals surface area contributed by atoms with Gasteiger partial charge in [0.25, 0.3) is 0 Å². The number of halogens is 1. The van der Waals surface area contributed by atoms with E-state index in [9.17, 15) is 9.18 Å². The molecule has 1 aliphatic rings. The van der Waals surface area contributed by atoms with Gasteiger partial charge in [-0.1, -0.05) is 38.0 Å². The Hall–Kier alpha value is -3.35.